The van der Waals surface area contributed by atoms with E-state index in [9.17, 15) is 0 Å². The first-order chi connectivity index (χ1) is 12.4. The molecule has 4 aromatic rings. The average molecular weight is 367 g/mol. The Morgan fingerprint density at radius 3 is 2.42 bits per heavy atom. The number of aryl methyl sites for hydroxylation is 4. The Morgan fingerprint density at radius 2 is 1.85 bits per heavy atom. The molecule has 0 atom stereocenters. The van der Waals surface area contributed by atoms with E-state index < -0.39 is 0 Å². The molecule has 0 radical (unpaired) electrons. The summed E-state index contributed by atoms with van der Waals surface area (Å²) in [6, 6.07) is 4.30. The van der Waals surface area contributed by atoms with Crippen LogP contribution >= 0.6 is 11.8 Å². The van der Waals surface area contributed by atoms with E-state index in [2.05, 4.69) is 34.3 Å². The second-order valence-corrected chi connectivity index (χ2v) is 7.33. The van der Waals surface area contributed by atoms with Gasteiger partial charge in [0.15, 0.2) is 5.16 Å². The van der Waals surface area contributed by atoms with Crippen LogP contribution in [0.5, 0.6) is 0 Å². The topological polar surface area (TPSA) is 72.5 Å². The quantitative estimate of drug-likeness (QED) is 0.537. The largest absolute Gasteiger partial charge is 0.361 e. The van der Waals surface area contributed by atoms with Crippen molar-refractivity contribution in [3.63, 3.8) is 0 Å². The summed E-state index contributed by atoms with van der Waals surface area (Å²) in [5.41, 5.74) is 9.28. The predicted molar refractivity (Wildman–Crippen MR) is 105 cm³/mol. The maximum atomic E-state index is 5.39. The van der Waals surface area contributed by atoms with Crippen LogP contribution in [0.1, 0.15) is 22.8 Å². The number of fused-ring (bicyclic) bond motifs is 1. The van der Waals surface area contributed by atoms with Crippen molar-refractivity contribution in [3.8, 4) is 22.3 Å². The van der Waals surface area contributed by atoms with Gasteiger partial charge in [-0.3, -0.25) is 4.68 Å². The number of nitrogens with one attached hydrogen (secondary N) is 1. The summed E-state index contributed by atoms with van der Waals surface area (Å²) in [4.78, 5) is 8.21. The third kappa shape index (κ3) is 2.46. The maximum Gasteiger partial charge on any atom is 0.166 e. The van der Waals surface area contributed by atoms with Gasteiger partial charge in [0.25, 0.3) is 0 Å². The lowest BCUT2D eigenvalue weighted by Crippen LogP contribution is -1.93. The molecule has 1 aromatic carbocycles. The number of H-pyrrole nitrogens is 1. The van der Waals surface area contributed by atoms with E-state index in [4.69, 9.17) is 9.51 Å². The maximum absolute atomic E-state index is 5.39. The molecular weight excluding hydrogens is 346 g/mol. The first-order valence-electron chi connectivity index (χ1n) is 8.42. The third-order valence-electron chi connectivity index (χ3n) is 4.86. The van der Waals surface area contributed by atoms with Gasteiger partial charge in [-0.25, -0.2) is 4.98 Å². The third-order valence-corrected chi connectivity index (χ3v) is 5.44. The molecule has 1 N–H and O–H groups in total. The summed E-state index contributed by atoms with van der Waals surface area (Å²) in [7, 11) is 1.97. The van der Waals surface area contributed by atoms with Crippen LogP contribution in [-0.4, -0.2) is 31.2 Å². The zero-order valence-electron chi connectivity index (χ0n) is 15.8. The number of aromatic amines is 1. The number of nitrogens with zero attached hydrogens (tertiary/aromatic N) is 4. The first-order valence-corrected chi connectivity index (χ1v) is 9.64. The summed E-state index contributed by atoms with van der Waals surface area (Å²) in [5.74, 6) is 0.817. The lowest BCUT2D eigenvalue weighted by Gasteiger charge is -2.08. The minimum atomic E-state index is 0.817. The fourth-order valence-electron chi connectivity index (χ4n) is 3.59. The molecule has 134 valence electrons. The van der Waals surface area contributed by atoms with Crippen molar-refractivity contribution in [2.75, 3.05) is 6.26 Å². The molecule has 0 fully saturated rings. The molecule has 26 heavy (non-hydrogen) atoms. The Morgan fingerprint density at radius 1 is 1.08 bits per heavy atom. The molecule has 0 amide bonds. The SMILES string of the molecule is CSc1nc2c(-c3c(C)nn(C)c3C)cc(-c3c(C)noc3C)cc2[nH]1. The van der Waals surface area contributed by atoms with Crippen molar-refractivity contribution in [2.45, 2.75) is 32.9 Å². The number of hydrogen-bond acceptors (Lipinski definition) is 5. The number of aromatic nitrogens is 5. The molecule has 0 bridgehead atoms. The van der Waals surface area contributed by atoms with Gasteiger partial charge in [0, 0.05) is 29.4 Å². The minimum Gasteiger partial charge on any atom is -0.361 e. The number of benzene rings is 1. The van der Waals surface area contributed by atoms with Crippen LogP contribution in [0, 0.1) is 27.7 Å². The Kier molecular flexibility index (Phi) is 3.91. The Balaban J connectivity index is 2.09. The van der Waals surface area contributed by atoms with Gasteiger partial charge in [0.2, 0.25) is 0 Å². The highest BCUT2D eigenvalue weighted by Gasteiger charge is 2.20. The van der Waals surface area contributed by atoms with E-state index in [0.29, 0.717) is 0 Å². The van der Waals surface area contributed by atoms with Crippen LogP contribution < -0.4 is 0 Å². The zero-order chi connectivity index (χ0) is 18.6. The van der Waals surface area contributed by atoms with Gasteiger partial charge in [0.1, 0.15) is 5.76 Å². The summed E-state index contributed by atoms with van der Waals surface area (Å²) in [5, 5.41) is 9.60. The van der Waals surface area contributed by atoms with Gasteiger partial charge in [0.05, 0.1) is 22.4 Å². The summed E-state index contributed by atoms with van der Waals surface area (Å²) < 4.78 is 7.31. The normalized spacial score (nSPS) is 11.6. The van der Waals surface area contributed by atoms with E-state index >= 15 is 0 Å². The van der Waals surface area contributed by atoms with E-state index in [0.717, 1.165) is 61.3 Å². The van der Waals surface area contributed by atoms with Crippen LogP contribution in [0.4, 0.5) is 0 Å². The highest BCUT2D eigenvalue weighted by molar-refractivity contribution is 7.98. The van der Waals surface area contributed by atoms with Gasteiger partial charge >= 0.3 is 0 Å². The fourth-order valence-corrected chi connectivity index (χ4v) is 3.98. The van der Waals surface area contributed by atoms with Crippen molar-refractivity contribution < 1.29 is 4.52 Å². The number of rotatable bonds is 3. The lowest BCUT2D eigenvalue weighted by atomic mass is 9.95. The Hall–Kier alpha value is -2.54. The minimum absolute atomic E-state index is 0.817. The highest BCUT2D eigenvalue weighted by Crippen LogP contribution is 2.38. The molecule has 0 unspecified atom stereocenters. The van der Waals surface area contributed by atoms with Gasteiger partial charge in [-0.05, 0) is 51.6 Å². The van der Waals surface area contributed by atoms with Gasteiger partial charge in [-0.2, -0.15) is 5.10 Å². The van der Waals surface area contributed by atoms with Crippen LogP contribution in [0.25, 0.3) is 33.3 Å². The smallest absolute Gasteiger partial charge is 0.166 e. The van der Waals surface area contributed by atoms with Crippen LogP contribution in [0.3, 0.4) is 0 Å². The summed E-state index contributed by atoms with van der Waals surface area (Å²) in [6.07, 6.45) is 2.02. The molecule has 4 rings (SSSR count). The molecule has 0 aliphatic heterocycles. The van der Waals surface area contributed by atoms with E-state index in [1.807, 2.05) is 38.8 Å². The first kappa shape index (κ1) is 16.9. The van der Waals surface area contributed by atoms with Gasteiger partial charge in [-0.15, -0.1) is 0 Å². The molecule has 0 aliphatic carbocycles. The number of thioether (sulfide) groups is 1. The summed E-state index contributed by atoms with van der Waals surface area (Å²) in [6.45, 7) is 8.04. The molecule has 6 nitrogen and oxygen atoms in total. The Bertz CT molecular complexity index is 1120. The molecule has 7 heteroatoms. The van der Waals surface area contributed by atoms with Crippen molar-refractivity contribution >= 4 is 22.8 Å². The molecular formula is C19H21N5OS. The Labute approximate surface area is 156 Å². The van der Waals surface area contributed by atoms with Crippen LogP contribution in [0.15, 0.2) is 21.8 Å². The zero-order valence-corrected chi connectivity index (χ0v) is 16.6. The predicted octanol–water partition coefficient (Wildman–Crippen LogP) is 4.57. The molecule has 0 saturated heterocycles. The molecule has 3 heterocycles. The second kappa shape index (κ2) is 6.02. The molecule has 0 spiro atoms. The standard InChI is InChI=1S/C19H21N5OS/c1-9-16(11(3)24(5)22-9)14-7-13(17-10(2)23-25-12(17)4)8-15-18(14)21-19(20-15)26-6/h7-8H,1-6H3,(H,20,21). The van der Waals surface area contributed by atoms with E-state index in [1.54, 1.807) is 11.8 Å². The molecule has 3 aromatic heterocycles. The van der Waals surface area contributed by atoms with Crippen molar-refractivity contribution in [1.29, 1.82) is 0 Å². The van der Waals surface area contributed by atoms with E-state index in [-0.39, 0.29) is 0 Å². The van der Waals surface area contributed by atoms with Gasteiger partial charge in [-0.1, -0.05) is 16.9 Å². The fraction of sp³-hybridized carbons (Fsp3) is 0.316. The monoisotopic (exact) mass is 367 g/mol. The summed E-state index contributed by atoms with van der Waals surface area (Å²) >= 11 is 1.60. The second-order valence-electron chi connectivity index (χ2n) is 6.53. The molecule has 0 aliphatic rings. The average Bonchev–Trinajstić information content (AvgIpc) is 3.24. The molecule has 0 saturated carbocycles. The number of hydrogen-bond donors (Lipinski definition) is 1. The van der Waals surface area contributed by atoms with E-state index in [1.165, 1.54) is 0 Å². The van der Waals surface area contributed by atoms with Crippen molar-refractivity contribution in [2.24, 2.45) is 7.05 Å². The number of imidazole rings is 1. The van der Waals surface area contributed by atoms with Crippen LogP contribution in [0.2, 0.25) is 0 Å². The van der Waals surface area contributed by atoms with Crippen molar-refractivity contribution in [1.82, 2.24) is 24.9 Å². The highest BCUT2D eigenvalue weighted by atomic mass is 32.2. The van der Waals surface area contributed by atoms with Crippen molar-refractivity contribution in [3.05, 3.63) is 35.0 Å². The van der Waals surface area contributed by atoms with Gasteiger partial charge < -0.3 is 9.51 Å². The lowest BCUT2D eigenvalue weighted by molar-refractivity contribution is 0.393. The van der Waals surface area contributed by atoms with Crippen LogP contribution in [-0.2, 0) is 7.05 Å².